The number of nitrogens with one attached hydrogen (secondary N) is 3. The molecule has 0 saturated heterocycles. The number of halogens is 4. The number of pyridine rings is 1. The molecular weight excluding hydrogens is 468 g/mol. The van der Waals surface area contributed by atoms with Crippen molar-refractivity contribution in [1.82, 2.24) is 9.97 Å². The van der Waals surface area contributed by atoms with Gasteiger partial charge in [0.05, 0.1) is 11.9 Å². The smallest absolute Gasteiger partial charge is 0.408 e. The Hall–Kier alpha value is -4.13. The number of anilines is 2. The Balaban J connectivity index is 1.56. The minimum atomic E-state index is -4.71. The van der Waals surface area contributed by atoms with Gasteiger partial charge in [0.25, 0.3) is 10.0 Å². The van der Waals surface area contributed by atoms with Gasteiger partial charge in [0.1, 0.15) is 33.7 Å². The minimum Gasteiger partial charge on any atom is -0.408 e. The monoisotopic (exact) mass is 480 g/mol. The highest BCUT2D eigenvalue weighted by atomic mass is 32.2. The van der Waals surface area contributed by atoms with Crippen LogP contribution in [-0.4, -0.2) is 24.5 Å². The van der Waals surface area contributed by atoms with E-state index in [1.165, 1.54) is 12.3 Å². The largest absolute Gasteiger partial charge is 0.417 e. The molecule has 4 aromatic rings. The van der Waals surface area contributed by atoms with Gasteiger partial charge < -0.3 is 9.72 Å². The number of hydrogen-bond donors (Lipinski definition) is 3. The molecule has 0 aliphatic heterocycles. The molecular formula is C20H12F4N4O4S. The van der Waals surface area contributed by atoms with E-state index >= 15 is 0 Å². The van der Waals surface area contributed by atoms with Crippen molar-refractivity contribution in [2.75, 3.05) is 10.0 Å². The van der Waals surface area contributed by atoms with Gasteiger partial charge in [0, 0.05) is 17.6 Å². The van der Waals surface area contributed by atoms with Crippen LogP contribution in [0.25, 0.3) is 11.0 Å². The van der Waals surface area contributed by atoms with E-state index in [4.69, 9.17) is 4.74 Å². The zero-order chi connectivity index (χ0) is 23.8. The van der Waals surface area contributed by atoms with Crippen LogP contribution < -0.4 is 14.8 Å². The molecule has 33 heavy (non-hydrogen) atoms. The van der Waals surface area contributed by atoms with Crippen LogP contribution in [0.5, 0.6) is 5.75 Å². The highest BCUT2D eigenvalue weighted by Crippen LogP contribution is 2.29. The first kappa shape index (κ1) is 22.1. The lowest BCUT2D eigenvalue weighted by Crippen LogP contribution is -2.20. The Labute approximate surface area is 183 Å². The maximum Gasteiger partial charge on any atom is 0.417 e. The second kappa shape index (κ2) is 8.43. The van der Waals surface area contributed by atoms with Gasteiger partial charge in [-0.05, 0) is 36.4 Å². The SMILES string of the molecule is O=C(Nc1c(F)ccc(NS(=O)(=O)c2ccc(F)cc2F)c1F)Oc1cnc2[nH]ccc2c1. The summed E-state index contributed by atoms with van der Waals surface area (Å²) in [5, 5.41) is 2.46. The summed E-state index contributed by atoms with van der Waals surface area (Å²) in [6, 6.07) is 6.17. The van der Waals surface area contributed by atoms with E-state index in [9.17, 15) is 30.8 Å². The number of rotatable bonds is 5. The molecule has 0 bridgehead atoms. The van der Waals surface area contributed by atoms with Gasteiger partial charge >= 0.3 is 6.09 Å². The average Bonchev–Trinajstić information content (AvgIpc) is 3.21. The number of ether oxygens (including phenoxy) is 1. The van der Waals surface area contributed by atoms with Gasteiger partial charge in [0.15, 0.2) is 11.6 Å². The number of hydrogen-bond acceptors (Lipinski definition) is 5. The van der Waals surface area contributed by atoms with E-state index in [0.717, 1.165) is 6.07 Å². The van der Waals surface area contributed by atoms with E-state index in [1.54, 1.807) is 17.0 Å². The number of fused-ring (bicyclic) bond motifs is 1. The number of aromatic nitrogens is 2. The van der Waals surface area contributed by atoms with Crippen LogP contribution in [0.2, 0.25) is 0 Å². The third kappa shape index (κ3) is 4.57. The van der Waals surface area contributed by atoms with E-state index in [0.29, 0.717) is 35.3 Å². The van der Waals surface area contributed by atoms with Crippen LogP contribution >= 0.6 is 0 Å². The summed E-state index contributed by atoms with van der Waals surface area (Å²) >= 11 is 0. The molecule has 13 heteroatoms. The van der Waals surface area contributed by atoms with Crippen molar-refractivity contribution >= 4 is 38.5 Å². The van der Waals surface area contributed by atoms with Crippen LogP contribution in [0.3, 0.4) is 0 Å². The molecule has 0 unspecified atom stereocenters. The lowest BCUT2D eigenvalue weighted by atomic mass is 10.2. The molecule has 0 saturated carbocycles. The molecule has 2 aromatic heterocycles. The summed E-state index contributed by atoms with van der Waals surface area (Å²) in [6.07, 6.45) is 1.53. The average molecular weight is 480 g/mol. The molecule has 0 spiro atoms. The Morgan fingerprint density at radius 2 is 1.79 bits per heavy atom. The Kier molecular flexibility index (Phi) is 5.64. The number of carbonyl (C=O) groups is 1. The summed E-state index contributed by atoms with van der Waals surface area (Å²) < 4.78 is 87.3. The topological polar surface area (TPSA) is 113 Å². The number of amides is 1. The van der Waals surface area contributed by atoms with Gasteiger partial charge in [0.2, 0.25) is 0 Å². The van der Waals surface area contributed by atoms with Crippen LogP contribution in [-0.2, 0) is 10.0 Å². The summed E-state index contributed by atoms with van der Waals surface area (Å²) in [7, 11) is -4.71. The van der Waals surface area contributed by atoms with Gasteiger partial charge in [-0.1, -0.05) is 0 Å². The fraction of sp³-hybridized carbons (Fsp3) is 0. The predicted octanol–water partition coefficient (Wildman–Crippen LogP) is 4.53. The number of sulfonamides is 1. The van der Waals surface area contributed by atoms with Gasteiger partial charge in [-0.25, -0.2) is 35.8 Å². The van der Waals surface area contributed by atoms with Crippen molar-refractivity contribution in [3.8, 4) is 5.75 Å². The number of benzene rings is 2. The Morgan fingerprint density at radius 3 is 2.55 bits per heavy atom. The van der Waals surface area contributed by atoms with E-state index < -0.39 is 55.7 Å². The van der Waals surface area contributed by atoms with E-state index in [1.807, 2.05) is 5.32 Å². The first-order valence-corrected chi connectivity index (χ1v) is 10.5. The lowest BCUT2D eigenvalue weighted by Gasteiger charge is -2.13. The van der Waals surface area contributed by atoms with Crippen LogP contribution in [0, 0.1) is 23.3 Å². The number of aromatic amines is 1. The summed E-state index contributed by atoms with van der Waals surface area (Å²) in [4.78, 5) is 18.0. The maximum absolute atomic E-state index is 14.8. The fourth-order valence-electron chi connectivity index (χ4n) is 2.85. The highest BCUT2D eigenvalue weighted by Gasteiger charge is 2.24. The van der Waals surface area contributed by atoms with Crippen molar-refractivity contribution < 1.29 is 35.5 Å². The third-order valence-electron chi connectivity index (χ3n) is 4.33. The zero-order valence-electron chi connectivity index (χ0n) is 16.2. The molecule has 0 radical (unpaired) electrons. The molecule has 2 heterocycles. The van der Waals surface area contributed by atoms with Crippen LogP contribution in [0.4, 0.5) is 33.7 Å². The fourth-order valence-corrected chi connectivity index (χ4v) is 3.97. The summed E-state index contributed by atoms with van der Waals surface area (Å²) in [5.41, 5.74) is -1.29. The number of nitrogens with zero attached hydrogens (tertiary/aromatic N) is 1. The quantitative estimate of drug-likeness (QED) is 0.363. The van der Waals surface area contributed by atoms with Crippen LogP contribution in [0.15, 0.2) is 59.8 Å². The van der Waals surface area contributed by atoms with Crippen molar-refractivity contribution in [3.63, 3.8) is 0 Å². The Bertz CT molecular complexity index is 1490. The zero-order valence-corrected chi connectivity index (χ0v) is 17.0. The van der Waals surface area contributed by atoms with Gasteiger partial charge in [-0.2, -0.15) is 0 Å². The van der Waals surface area contributed by atoms with Gasteiger partial charge in [-0.3, -0.25) is 10.0 Å². The van der Waals surface area contributed by atoms with Crippen molar-refractivity contribution in [2.45, 2.75) is 4.90 Å². The normalized spacial score (nSPS) is 11.4. The predicted molar refractivity (Wildman–Crippen MR) is 109 cm³/mol. The van der Waals surface area contributed by atoms with Crippen molar-refractivity contribution in [2.24, 2.45) is 0 Å². The molecule has 0 aliphatic carbocycles. The summed E-state index contributed by atoms with van der Waals surface area (Å²) in [5.74, 6) is -5.20. The van der Waals surface area contributed by atoms with Crippen molar-refractivity contribution in [3.05, 3.63) is 78.1 Å². The molecule has 1 amide bonds. The van der Waals surface area contributed by atoms with Crippen LogP contribution in [0.1, 0.15) is 0 Å². The first-order valence-electron chi connectivity index (χ1n) is 9.02. The Morgan fingerprint density at radius 1 is 1.00 bits per heavy atom. The number of H-pyrrole nitrogens is 1. The molecule has 0 atom stereocenters. The van der Waals surface area contributed by atoms with Gasteiger partial charge in [-0.15, -0.1) is 0 Å². The molecule has 8 nitrogen and oxygen atoms in total. The second-order valence-electron chi connectivity index (χ2n) is 6.57. The lowest BCUT2D eigenvalue weighted by molar-refractivity contribution is 0.215. The molecule has 170 valence electrons. The minimum absolute atomic E-state index is 0.0240. The van der Waals surface area contributed by atoms with E-state index in [2.05, 4.69) is 9.97 Å². The summed E-state index contributed by atoms with van der Waals surface area (Å²) in [6.45, 7) is 0. The molecule has 2 aromatic carbocycles. The standard InChI is InChI=1S/C20H12F4N4O4S/c21-11-1-4-16(14(23)8-11)33(30,31)28-15-3-2-13(22)18(17(15)24)27-20(29)32-12-7-10-5-6-25-19(10)26-9-12/h1-9,28H,(H,25,26)(H,27,29). The molecule has 0 fully saturated rings. The first-order chi connectivity index (χ1) is 15.6. The molecule has 4 rings (SSSR count). The highest BCUT2D eigenvalue weighted by molar-refractivity contribution is 7.92. The van der Waals surface area contributed by atoms with E-state index in [-0.39, 0.29) is 5.75 Å². The molecule has 0 aliphatic rings. The maximum atomic E-state index is 14.8. The van der Waals surface area contributed by atoms with Crippen molar-refractivity contribution in [1.29, 1.82) is 0 Å². The number of carbonyl (C=O) groups excluding carboxylic acids is 1. The molecule has 3 N–H and O–H groups in total. The second-order valence-corrected chi connectivity index (χ2v) is 8.22. The third-order valence-corrected chi connectivity index (χ3v) is 5.73.